The molecule has 4 heteroatoms. The molecule has 0 radical (unpaired) electrons. The first-order chi connectivity index (χ1) is 10.2. The Bertz CT molecular complexity index is 517. The SMILES string of the molecule is CC1CCC(CO)CN1C(=O)C1OCCc2ccccc21. The highest BCUT2D eigenvalue weighted by Gasteiger charge is 2.35. The van der Waals surface area contributed by atoms with E-state index in [0.29, 0.717) is 13.2 Å². The standard InChI is InChI=1S/C17H23NO3/c1-12-6-7-13(11-19)10-18(12)17(20)16-15-5-3-2-4-14(15)8-9-21-16/h2-5,12-13,16,19H,6-11H2,1H3. The fraction of sp³-hybridized carbons (Fsp3) is 0.588. The van der Waals surface area contributed by atoms with E-state index in [2.05, 4.69) is 13.0 Å². The number of carbonyl (C=O) groups excluding carboxylic acids is 1. The van der Waals surface area contributed by atoms with Gasteiger partial charge in [0.2, 0.25) is 0 Å². The number of carbonyl (C=O) groups is 1. The Morgan fingerprint density at radius 2 is 2.19 bits per heavy atom. The molecule has 0 saturated carbocycles. The van der Waals surface area contributed by atoms with Gasteiger partial charge in [-0.2, -0.15) is 0 Å². The molecule has 1 aromatic rings. The molecule has 1 saturated heterocycles. The Balaban J connectivity index is 1.82. The molecular weight excluding hydrogens is 266 g/mol. The molecule has 114 valence electrons. The molecule has 0 aromatic heterocycles. The average molecular weight is 289 g/mol. The molecule has 4 nitrogen and oxygen atoms in total. The molecule has 0 aliphatic carbocycles. The number of fused-ring (bicyclic) bond motifs is 1. The maximum Gasteiger partial charge on any atom is 0.256 e. The minimum absolute atomic E-state index is 0.0489. The minimum Gasteiger partial charge on any atom is -0.396 e. The van der Waals surface area contributed by atoms with Crippen LogP contribution in [0.15, 0.2) is 24.3 Å². The number of rotatable bonds is 2. The van der Waals surface area contributed by atoms with Gasteiger partial charge in [0.05, 0.1) is 6.61 Å². The first kappa shape index (κ1) is 14.5. The fourth-order valence-corrected chi connectivity index (χ4v) is 3.39. The van der Waals surface area contributed by atoms with Gasteiger partial charge < -0.3 is 14.7 Å². The predicted molar refractivity (Wildman–Crippen MR) is 79.8 cm³/mol. The van der Waals surface area contributed by atoms with Crippen molar-refractivity contribution in [3.05, 3.63) is 35.4 Å². The third-order valence-electron chi connectivity index (χ3n) is 4.74. The second kappa shape index (κ2) is 6.16. The van der Waals surface area contributed by atoms with Gasteiger partial charge >= 0.3 is 0 Å². The number of aliphatic hydroxyl groups is 1. The van der Waals surface area contributed by atoms with Crippen molar-refractivity contribution in [2.45, 2.75) is 38.3 Å². The number of hydrogen-bond acceptors (Lipinski definition) is 3. The molecule has 1 amide bonds. The van der Waals surface area contributed by atoms with Crippen molar-refractivity contribution in [2.24, 2.45) is 5.92 Å². The van der Waals surface area contributed by atoms with Crippen LogP contribution in [0.5, 0.6) is 0 Å². The van der Waals surface area contributed by atoms with Gasteiger partial charge in [0.15, 0.2) is 6.10 Å². The van der Waals surface area contributed by atoms with E-state index in [0.717, 1.165) is 24.8 Å². The van der Waals surface area contributed by atoms with Crippen molar-refractivity contribution in [3.63, 3.8) is 0 Å². The highest BCUT2D eigenvalue weighted by Crippen LogP contribution is 2.31. The van der Waals surface area contributed by atoms with Gasteiger partial charge in [-0.1, -0.05) is 24.3 Å². The molecule has 3 atom stereocenters. The number of benzene rings is 1. The number of amides is 1. The molecule has 2 heterocycles. The van der Waals surface area contributed by atoms with Crippen LogP contribution < -0.4 is 0 Å². The number of nitrogens with zero attached hydrogens (tertiary/aromatic N) is 1. The van der Waals surface area contributed by atoms with Crippen LogP contribution >= 0.6 is 0 Å². The maximum atomic E-state index is 12.9. The highest BCUT2D eigenvalue weighted by molar-refractivity contribution is 5.83. The lowest BCUT2D eigenvalue weighted by Crippen LogP contribution is -2.49. The molecule has 3 rings (SSSR count). The Labute approximate surface area is 125 Å². The monoisotopic (exact) mass is 289 g/mol. The summed E-state index contributed by atoms with van der Waals surface area (Å²) in [5.74, 6) is 0.247. The van der Waals surface area contributed by atoms with Crippen molar-refractivity contribution in [3.8, 4) is 0 Å². The van der Waals surface area contributed by atoms with Gasteiger partial charge in [-0.05, 0) is 43.2 Å². The zero-order valence-electron chi connectivity index (χ0n) is 12.5. The molecule has 21 heavy (non-hydrogen) atoms. The summed E-state index contributed by atoms with van der Waals surface area (Å²) in [6.45, 7) is 3.47. The average Bonchev–Trinajstić information content (AvgIpc) is 2.54. The normalized spacial score (nSPS) is 29.0. The number of ether oxygens (including phenoxy) is 1. The summed E-state index contributed by atoms with van der Waals surface area (Å²) in [7, 11) is 0. The summed E-state index contributed by atoms with van der Waals surface area (Å²) < 4.78 is 5.78. The van der Waals surface area contributed by atoms with Gasteiger partial charge in [0, 0.05) is 19.2 Å². The van der Waals surface area contributed by atoms with Crippen LogP contribution in [0, 0.1) is 5.92 Å². The molecule has 3 unspecified atom stereocenters. The van der Waals surface area contributed by atoms with Crippen LogP contribution in [0.3, 0.4) is 0 Å². The van der Waals surface area contributed by atoms with Crippen LogP contribution in [-0.2, 0) is 16.0 Å². The summed E-state index contributed by atoms with van der Waals surface area (Å²) in [6, 6.07) is 8.27. The van der Waals surface area contributed by atoms with Crippen LogP contribution in [0.2, 0.25) is 0 Å². The Morgan fingerprint density at radius 1 is 1.38 bits per heavy atom. The minimum atomic E-state index is -0.477. The lowest BCUT2D eigenvalue weighted by atomic mass is 9.91. The quantitative estimate of drug-likeness (QED) is 0.905. The highest BCUT2D eigenvalue weighted by atomic mass is 16.5. The van der Waals surface area contributed by atoms with E-state index < -0.39 is 6.10 Å². The summed E-state index contributed by atoms with van der Waals surface area (Å²) in [6.07, 6.45) is 2.33. The van der Waals surface area contributed by atoms with Crippen molar-refractivity contribution in [2.75, 3.05) is 19.8 Å². The van der Waals surface area contributed by atoms with E-state index in [1.54, 1.807) is 0 Å². The Hall–Kier alpha value is -1.39. The Kier molecular flexibility index (Phi) is 4.27. The van der Waals surface area contributed by atoms with Crippen LogP contribution in [0.4, 0.5) is 0 Å². The topological polar surface area (TPSA) is 49.8 Å². The molecular formula is C17H23NO3. The molecule has 1 N–H and O–H groups in total. The van der Waals surface area contributed by atoms with Crippen LogP contribution in [-0.4, -0.2) is 41.7 Å². The lowest BCUT2D eigenvalue weighted by Gasteiger charge is -2.40. The van der Waals surface area contributed by atoms with E-state index in [9.17, 15) is 9.90 Å². The summed E-state index contributed by atoms with van der Waals surface area (Å²) >= 11 is 0. The Morgan fingerprint density at radius 3 is 3.00 bits per heavy atom. The molecule has 2 aliphatic rings. The summed E-state index contributed by atoms with van der Waals surface area (Å²) in [5.41, 5.74) is 2.22. The zero-order chi connectivity index (χ0) is 14.8. The molecule has 1 aromatic carbocycles. The fourth-order valence-electron chi connectivity index (χ4n) is 3.39. The first-order valence-electron chi connectivity index (χ1n) is 7.81. The molecule has 2 aliphatic heterocycles. The second-order valence-corrected chi connectivity index (χ2v) is 6.17. The molecule has 1 fully saturated rings. The third-order valence-corrected chi connectivity index (χ3v) is 4.74. The molecule has 0 bridgehead atoms. The smallest absolute Gasteiger partial charge is 0.256 e. The van der Waals surface area contributed by atoms with Crippen molar-refractivity contribution in [1.82, 2.24) is 4.90 Å². The van der Waals surface area contributed by atoms with Gasteiger partial charge in [-0.15, -0.1) is 0 Å². The van der Waals surface area contributed by atoms with E-state index in [1.165, 1.54) is 5.56 Å². The largest absolute Gasteiger partial charge is 0.396 e. The van der Waals surface area contributed by atoms with Crippen molar-refractivity contribution >= 4 is 5.91 Å². The number of hydrogen-bond donors (Lipinski definition) is 1. The maximum absolute atomic E-state index is 12.9. The first-order valence-corrected chi connectivity index (χ1v) is 7.81. The van der Waals surface area contributed by atoms with Gasteiger partial charge in [0.25, 0.3) is 5.91 Å². The summed E-state index contributed by atoms with van der Waals surface area (Å²) in [5, 5.41) is 9.38. The van der Waals surface area contributed by atoms with E-state index in [1.807, 2.05) is 23.1 Å². The lowest BCUT2D eigenvalue weighted by molar-refractivity contribution is -0.150. The van der Waals surface area contributed by atoms with Gasteiger partial charge in [-0.3, -0.25) is 4.79 Å². The predicted octanol–water partition coefficient (Wildman–Crippen LogP) is 1.92. The van der Waals surface area contributed by atoms with E-state index in [-0.39, 0.29) is 24.5 Å². The zero-order valence-corrected chi connectivity index (χ0v) is 12.5. The number of likely N-dealkylation sites (tertiary alicyclic amines) is 1. The number of aliphatic hydroxyl groups excluding tert-OH is 1. The van der Waals surface area contributed by atoms with Crippen LogP contribution in [0.1, 0.15) is 37.0 Å². The third kappa shape index (κ3) is 2.83. The summed E-state index contributed by atoms with van der Waals surface area (Å²) in [4.78, 5) is 14.8. The van der Waals surface area contributed by atoms with Crippen LogP contribution in [0.25, 0.3) is 0 Å². The van der Waals surface area contributed by atoms with Crippen molar-refractivity contribution < 1.29 is 14.6 Å². The van der Waals surface area contributed by atoms with Crippen molar-refractivity contribution in [1.29, 1.82) is 0 Å². The van der Waals surface area contributed by atoms with E-state index >= 15 is 0 Å². The van der Waals surface area contributed by atoms with Gasteiger partial charge in [-0.25, -0.2) is 0 Å². The molecule has 0 spiro atoms. The second-order valence-electron chi connectivity index (χ2n) is 6.17. The number of piperidine rings is 1. The van der Waals surface area contributed by atoms with Gasteiger partial charge in [0.1, 0.15) is 0 Å². The van der Waals surface area contributed by atoms with E-state index in [4.69, 9.17) is 4.74 Å².